The predicted octanol–water partition coefficient (Wildman–Crippen LogP) is 2.52. The zero-order chi connectivity index (χ0) is 13.9. The fourth-order valence-corrected chi connectivity index (χ4v) is 2.02. The minimum Gasteiger partial charge on any atom is -0.384 e. The van der Waals surface area contributed by atoms with Crippen LogP contribution < -0.4 is 11.1 Å². The van der Waals surface area contributed by atoms with Gasteiger partial charge in [0.2, 0.25) is 0 Å². The molecule has 0 radical (unpaired) electrons. The lowest BCUT2D eigenvalue weighted by molar-refractivity contribution is -0.137. The molecule has 0 bridgehead atoms. The fraction of sp³-hybridized carbons (Fsp3) is 0.583. The summed E-state index contributed by atoms with van der Waals surface area (Å²) < 4.78 is 43.0. The van der Waals surface area contributed by atoms with Crippen LogP contribution in [0.5, 0.6) is 0 Å². The molecule has 106 valence electrons. The molecule has 0 aliphatic carbocycles. The molecule has 1 aromatic rings. The third kappa shape index (κ3) is 3.99. The molecule has 7 heteroatoms. The van der Waals surface area contributed by atoms with Crippen molar-refractivity contribution >= 4 is 11.6 Å². The number of nitrogens with zero attached hydrogens (tertiary/aromatic N) is 1. The summed E-state index contributed by atoms with van der Waals surface area (Å²) in [5.74, 6) is 0.489. The van der Waals surface area contributed by atoms with Crippen molar-refractivity contribution in [3.8, 4) is 0 Å². The Morgan fingerprint density at radius 2 is 2.21 bits per heavy atom. The van der Waals surface area contributed by atoms with Gasteiger partial charge >= 0.3 is 6.18 Å². The summed E-state index contributed by atoms with van der Waals surface area (Å²) >= 11 is 0. The summed E-state index contributed by atoms with van der Waals surface area (Å²) in [6.45, 7) is 2.04. The van der Waals surface area contributed by atoms with E-state index < -0.39 is 11.7 Å². The SMILES string of the molecule is Nc1cc(C(F)(F)F)cc(NCCC2CCOC2)n1. The third-order valence-electron chi connectivity index (χ3n) is 3.06. The molecule has 0 amide bonds. The molecule has 3 N–H and O–H groups in total. The van der Waals surface area contributed by atoms with Gasteiger partial charge in [0, 0.05) is 19.8 Å². The van der Waals surface area contributed by atoms with Gasteiger partial charge in [0.1, 0.15) is 11.6 Å². The van der Waals surface area contributed by atoms with Gasteiger partial charge in [0.15, 0.2) is 0 Å². The van der Waals surface area contributed by atoms with E-state index in [4.69, 9.17) is 10.5 Å². The van der Waals surface area contributed by atoms with Crippen molar-refractivity contribution in [3.63, 3.8) is 0 Å². The summed E-state index contributed by atoms with van der Waals surface area (Å²) in [4.78, 5) is 3.85. The Balaban J connectivity index is 1.94. The number of nitrogen functional groups attached to an aromatic ring is 1. The third-order valence-corrected chi connectivity index (χ3v) is 3.06. The Kier molecular flexibility index (Phi) is 4.14. The number of halogens is 3. The van der Waals surface area contributed by atoms with Gasteiger partial charge in [-0.05, 0) is 30.9 Å². The van der Waals surface area contributed by atoms with Crippen LogP contribution in [-0.4, -0.2) is 24.7 Å². The summed E-state index contributed by atoms with van der Waals surface area (Å²) in [6.07, 6.45) is -2.57. The van der Waals surface area contributed by atoms with Crippen LogP contribution in [-0.2, 0) is 10.9 Å². The van der Waals surface area contributed by atoms with Crippen molar-refractivity contribution in [2.45, 2.75) is 19.0 Å². The van der Waals surface area contributed by atoms with Crippen LogP contribution in [0.2, 0.25) is 0 Å². The Morgan fingerprint density at radius 3 is 2.84 bits per heavy atom. The van der Waals surface area contributed by atoms with Gasteiger partial charge in [0.05, 0.1) is 5.56 Å². The zero-order valence-electron chi connectivity index (χ0n) is 10.3. The van der Waals surface area contributed by atoms with E-state index >= 15 is 0 Å². The summed E-state index contributed by atoms with van der Waals surface area (Å²) in [7, 11) is 0. The second-order valence-corrected chi connectivity index (χ2v) is 4.61. The van der Waals surface area contributed by atoms with E-state index in [1.807, 2.05) is 0 Å². The van der Waals surface area contributed by atoms with E-state index in [0.717, 1.165) is 38.2 Å². The van der Waals surface area contributed by atoms with Crippen LogP contribution in [0, 0.1) is 5.92 Å². The maximum absolute atomic E-state index is 12.6. The van der Waals surface area contributed by atoms with Gasteiger partial charge in [-0.15, -0.1) is 0 Å². The van der Waals surface area contributed by atoms with Crippen LogP contribution in [0.15, 0.2) is 12.1 Å². The summed E-state index contributed by atoms with van der Waals surface area (Å²) in [6, 6.07) is 1.80. The van der Waals surface area contributed by atoms with Crippen LogP contribution >= 0.6 is 0 Å². The first-order valence-corrected chi connectivity index (χ1v) is 6.11. The molecule has 1 aliphatic rings. The zero-order valence-corrected chi connectivity index (χ0v) is 10.3. The van der Waals surface area contributed by atoms with Crippen molar-refractivity contribution in [2.75, 3.05) is 30.8 Å². The predicted molar refractivity (Wildman–Crippen MR) is 65.7 cm³/mol. The number of nitrogens with one attached hydrogen (secondary N) is 1. The Hall–Kier alpha value is -1.50. The molecule has 1 atom stereocenters. The maximum Gasteiger partial charge on any atom is 0.416 e. The van der Waals surface area contributed by atoms with Gasteiger partial charge in [-0.3, -0.25) is 0 Å². The van der Waals surface area contributed by atoms with E-state index in [2.05, 4.69) is 10.3 Å². The van der Waals surface area contributed by atoms with Gasteiger partial charge in [0.25, 0.3) is 0 Å². The lowest BCUT2D eigenvalue weighted by Gasteiger charge is -2.12. The number of pyridine rings is 1. The van der Waals surface area contributed by atoms with E-state index in [-0.39, 0.29) is 11.6 Å². The summed E-state index contributed by atoms with van der Waals surface area (Å²) in [5, 5.41) is 2.88. The standard InChI is InChI=1S/C12H16F3N3O/c13-12(14,15)9-5-10(16)18-11(6-9)17-3-1-8-2-4-19-7-8/h5-6,8H,1-4,7H2,(H3,16,17,18). The molecule has 1 fully saturated rings. The molecule has 1 aromatic heterocycles. The van der Waals surface area contributed by atoms with Gasteiger partial charge in [-0.25, -0.2) is 4.98 Å². The topological polar surface area (TPSA) is 60.2 Å². The molecule has 1 aliphatic heterocycles. The lowest BCUT2D eigenvalue weighted by atomic mass is 10.1. The normalized spacial score (nSPS) is 19.6. The second kappa shape index (κ2) is 5.64. The molecular formula is C12H16F3N3O. The second-order valence-electron chi connectivity index (χ2n) is 4.61. The monoisotopic (exact) mass is 275 g/mol. The highest BCUT2D eigenvalue weighted by molar-refractivity contribution is 5.47. The molecule has 0 saturated carbocycles. The summed E-state index contributed by atoms with van der Waals surface area (Å²) in [5.41, 5.74) is 4.59. The highest BCUT2D eigenvalue weighted by atomic mass is 19.4. The number of alkyl halides is 3. The minimum absolute atomic E-state index is 0.137. The number of rotatable bonds is 4. The number of aromatic nitrogens is 1. The molecular weight excluding hydrogens is 259 g/mol. The van der Waals surface area contributed by atoms with Crippen molar-refractivity contribution in [3.05, 3.63) is 17.7 Å². The first-order valence-electron chi connectivity index (χ1n) is 6.11. The van der Waals surface area contributed by atoms with Crippen molar-refractivity contribution in [2.24, 2.45) is 5.92 Å². The largest absolute Gasteiger partial charge is 0.416 e. The molecule has 2 heterocycles. The highest BCUT2D eigenvalue weighted by Gasteiger charge is 2.31. The Labute approximate surface area is 109 Å². The first kappa shape index (κ1) is 13.9. The number of hydrogen-bond acceptors (Lipinski definition) is 4. The van der Waals surface area contributed by atoms with Crippen molar-refractivity contribution < 1.29 is 17.9 Å². The molecule has 2 rings (SSSR count). The molecule has 4 nitrogen and oxygen atoms in total. The smallest absolute Gasteiger partial charge is 0.384 e. The number of ether oxygens (including phenoxy) is 1. The number of anilines is 2. The highest BCUT2D eigenvalue weighted by Crippen LogP contribution is 2.31. The van der Waals surface area contributed by atoms with Crippen molar-refractivity contribution in [1.29, 1.82) is 0 Å². The van der Waals surface area contributed by atoms with E-state index in [0.29, 0.717) is 12.5 Å². The average molecular weight is 275 g/mol. The van der Waals surface area contributed by atoms with Crippen LogP contribution in [0.4, 0.5) is 24.8 Å². The lowest BCUT2D eigenvalue weighted by Crippen LogP contribution is -2.12. The first-order chi connectivity index (χ1) is 8.95. The van der Waals surface area contributed by atoms with Crippen molar-refractivity contribution in [1.82, 2.24) is 4.98 Å². The van der Waals surface area contributed by atoms with E-state index in [1.54, 1.807) is 0 Å². The minimum atomic E-state index is -4.41. The van der Waals surface area contributed by atoms with Crippen LogP contribution in [0.25, 0.3) is 0 Å². The van der Waals surface area contributed by atoms with Crippen LogP contribution in [0.3, 0.4) is 0 Å². The van der Waals surface area contributed by atoms with E-state index in [1.165, 1.54) is 0 Å². The van der Waals surface area contributed by atoms with Gasteiger partial charge in [-0.2, -0.15) is 13.2 Å². The molecule has 0 spiro atoms. The maximum atomic E-state index is 12.6. The van der Waals surface area contributed by atoms with Crippen LogP contribution in [0.1, 0.15) is 18.4 Å². The molecule has 1 unspecified atom stereocenters. The average Bonchev–Trinajstić information content (AvgIpc) is 2.80. The Morgan fingerprint density at radius 1 is 1.42 bits per heavy atom. The van der Waals surface area contributed by atoms with Gasteiger partial charge in [-0.1, -0.05) is 0 Å². The fourth-order valence-electron chi connectivity index (χ4n) is 2.02. The number of nitrogens with two attached hydrogens (primary N) is 1. The number of hydrogen-bond donors (Lipinski definition) is 2. The Bertz CT molecular complexity index is 431. The van der Waals surface area contributed by atoms with E-state index in [9.17, 15) is 13.2 Å². The molecule has 19 heavy (non-hydrogen) atoms. The molecule has 1 saturated heterocycles. The van der Waals surface area contributed by atoms with Gasteiger partial charge < -0.3 is 15.8 Å². The molecule has 0 aromatic carbocycles. The quantitative estimate of drug-likeness (QED) is 0.886.